The fraction of sp³-hybridized carbons (Fsp3) is 0.265. The number of rotatable bonds is 7. The van der Waals surface area contributed by atoms with Crippen molar-refractivity contribution in [1.82, 2.24) is 4.98 Å². The molecule has 5 heterocycles. The van der Waals surface area contributed by atoms with Gasteiger partial charge in [-0.05, 0) is 105 Å². The highest BCUT2D eigenvalue weighted by molar-refractivity contribution is 6.24. The Kier molecular flexibility index (Phi) is 7.75. The molecule has 4 N–H and O–H groups in total. The summed E-state index contributed by atoms with van der Waals surface area (Å²) in [5.41, 5.74) is 10.6. The zero-order valence-electron chi connectivity index (χ0n) is 24.9. The highest BCUT2D eigenvalue weighted by Gasteiger charge is 2.27. The van der Waals surface area contributed by atoms with E-state index in [1.54, 1.807) is 13.0 Å². The van der Waals surface area contributed by atoms with Gasteiger partial charge in [-0.1, -0.05) is 12.7 Å². The Morgan fingerprint density at radius 3 is 1.98 bits per heavy atom. The van der Waals surface area contributed by atoms with Crippen molar-refractivity contribution < 1.29 is 24.9 Å². The molecule has 1 aromatic heterocycles. The molecule has 5 rings (SSSR count). The second-order valence-corrected chi connectivity index (χ2v) is 11.0. The van der Waals surface area contributed by atoms with E-state index in [2.05, 4.69) is 11.6 Å². The van der Waals surface area contributed by atoms with Crippen LogP contribution in [0.2, 0.25) is 0 Å². The molecule has 0 unspecified atom stereocenters. The first-order chi connectivity index (χ1) is 20.4. The van der Waals surface area contributed by atoms with Gasteiger partial charge in [0.05, 0.1) is 45.3 Å². The molecule has 0 amide bonds. The van der Waals surface area contributed by atoms with Crippen molar-refractivity contribution in [3.05, 3.63) is 97.2 Å². The average Bonchev–Trinajstić information content (AvgIpc) is 3.59. The third-order valence-corrected chi connectivity index (χ3v) is 8.25. The molecule has 9 heteroatoms. The number of H-pyrrole nitrogens is 1. The second kappa shape index (κ2) is 11.3. The van der Waals surface area contributed by atoms with Crippen LogP contribution < -0.4 is 10.6 Å². The molecule has 0 atom stereocenters. The van der Waals surface area contributed by atoms with Crippen LogP contribution in [0.4, 0.5) is 0 Å². The maximum Gasteiger partial charge on any atom is 0.303 e. The third kappa shape index (κ3) is 5.46. The van der Waals surface area contributed by atoms with Gasteiger partial charge in [-0.15, -0.1) is 0 Å². The van der Waals surface area contributed by atoms with Gasteiger partial charge in [0.1, 0.15) is 0 Å². The number of aliphatic imine (C=N–C) groups is 3. The van der Waals surface area contributed by atoms with Crippen LogP contribution in [0.25, 0.3) is 17.9 Å². The van der Waals surface area contributed by atoms with E-state index < -0.39 is 11.9 Å². The smallest absolute Gasteiger partial charge is 0.303 e. The number of fused-ring (bicyclic) bond motifs is 5. The fourth-order valence-corrected chi connectivity index (χ4v) is 5.87. The van der Waals surface area contributed by atoms with Crippen LogP contribution in [0.5, 0.6) is 0 Å². The van der Waals surface area contributed by atoms with E-state index in [-0.39, 0.29) is 31.4 Å². The van der Waals surface area contributed by atoms with Gasteiger partial charge in [0.2, 0.25) is 0 Å². The maximum atomic E-state index is 11.5. The molecule has 0 saturated carbocycles. The number of nitrogens with zero attached hydrogens (tertiary/aromatic N) is 3. The summed E-state index contributed by atoms with van der Waals surface area (Å²) in [5, 5.41) is 30.9. The van der Waals surface area contributed by atoms with Gasteiger partial charge in [0, 0.05) is 29.3 Å². The Morgan fingerprint density at radius 1 is 0.767 bits per heavy atom. The number of aliphatic hydroxyl groups excluding tert-OH is 1. The Bertz CT molecular complexity index is 1930. The lowest BCUT2D eigenvalue weighted by Crippen LogP contribution is -2.27. The number of hydrogen-bond acceptors (Lipinski definition) is 6. The van der Waals surface area contributed by atoms with Crippen LogP contribution in [-0.4, -0.2) is 49.4 Å². The number of aromatic amines is 1. The largest absolute Gasteiger partial charge is 0.512 e. The minimum Gasteiger partial charge on any atom is -0.512 e. The first kappa shape index (κ1) is 29.4. The molecule has 220 valence electrons. The van der Waals surface area contributed by atoms with E-state index in [4.69, 9.17) is 15.0 Å². The van der Waals surface area contributed by atoms with Gasteiger partial charge in [-0.2, -0.15) is 0 Å². The number of allylic oxidation sites excluding steroid dienone is 8. The predicted octanol–water partition coefficient (Wildman–Crippen LogP) is 5.14. The molecule has 43 heavy (non-hydrogen) atoms. The zero-order valence-corrected chi connectivity index (χ0v) is 24.9. The van der Waals surface area contributed by atoms with Crippen LogP contribution in [0.15, 0.2) is 90.3 Å². The van der Waals surface area contributed by atoms with E-state index in [0.29, 0.717) is 39.1 Å². The van der Waals surface area contributed by atoms with Crippen LogP contribution in [-0.2, 0) is 9.59 Å². The molecule has 0 fully saturated rings. The van der Waals surface area contributed by atoms with Crippen molar-refractivity contribution in [3.63, 3.8) is 0 Å². The van der Waals surface area contributed by atoms with Crippen LogP contribution >= 0.6 is 0 Å². The van der Waals surface area contributed by atoms with Crippen molar-refractivity contribution in [1.29, 1.82) is 0 Å². The van der Waals surface area contributed by atoms with Crippen molar-refractivity contribution in [2.24, 2.45) is 15.0 Å². The van der Waals surface area contributed by atoms with Gasteiger partial charge in [0.25, 0.3) is 0 Å². The van der Waals surface area contributed by atoms with Gasteiger partial charge in [-0.3, -0.25) is 9.59 Å². The first-order valence-corrected chi connectivity index (χ1v) is 14.1. The summed E-state index contributed by atoms with van der Waals surface area (Å²) < 4.78 is 0. The van der Waals surface area contributed by atoms with Crippen LogP contribution in [0.1, 0.15) is 64.6 Å². The summed E-state index contributed by atoms with van der Waals surface area (Å²) in [6.45, 7) is 13.4. The quantitative estimate of drug-likeness (QED) is 0.354. The Balaban J connectivity index is 1.84. The van der Waals surface area contributed by atoms with Crippen molar-refractivity contribution in [2.45, 2.75) is 60.3 Å². The second-order valence-electron chi connectivity index (χ2n) is 11.0. The van der Waals surface area contributed by atoms with E-state index in [0.717, 1.165) is 50.4 Å². The average molecular weight is 579 g/mol. The molecule has 0 radical (unpaired) electrons. The van der Waals surface area contributed by atoms with E-state index in [9.17, 15) is 24.9 Å². The minimum absolute atomic E-state index is 0.0629. The summed E-state index contributed by atoms with van der Waals surface area (Å²) in [6.07, 6.45) is 9.70. The van der Waals surface area contributed by atoms with E-state index >= 15 is 0 Å². The summed E-state index contributed by atoms with van der Waals surface area (Å²) in [6, 6.07) is 0. The molecular formula is C34H34N4O5. The van der Waals surface area contributed by atoms with Gasteiger partial charge in [-0.25, -0.2) is 15.0 Å². The fourth-order valence-electron chi connectivity index (χ4n) is 5.87. The number of nitrogens with one attached hydrogen (secondary N) is 1. The number of hydrogen-bond donors (Lipinski definition) is 4. The highest BCUT2D eigenvalue weighted by atomic mass is 16.4. The molecular weight excluding hydrogens is 544 g/mol. The monoisotopic (exact) mass is 578 g/mol. The van der Waals surface area contributed by atoms with E-state index in [1.807, 2.05) is 52.0 Å². The predicted molar refractivity (Wildman–Crippen MR) is 169 cm³/mol. The molecule has 0 saturated heterocycles. The van der Waals surface area contributed by atoms with Crippen LogP contribution in [0, 0.1) is 6.92 Å². The molecule has 0 aromatic carbocycles. The normalized spacial score (nSPS) is 18.5. The molecule has 8 bridgehead atoms. The lowest BCUT2D eigenvalue weighted by molar-refractivity contribution is -0.137. The molecule has 4 aliphatic heterocycles. The number of aromatic nitrogens is 1. The summed E-state index contributed by atoms with van der Waals surface area (Å²) in [4.78, 5) is 41.3. The van der Waals surface area contributed by atoms with Crippen LogP contribution in [0.3, 0.4) is 0 Å². The van der Waals surface area contributed by atoms with Crippen molar-refractivity contribution in [3.8, 4) is 0 Å². The Labute approximate surface area is 249 Å². The van der Waals surface area contributed by atoms with Crippen molar-refractivity contribution >= 4 is 47.0 Å². The lowest BCUT2D eigenvalue weighted by atomic mass is 9.96. The molecule has 0 spiro atoms. The topological polar surface area (TPSA) is 148 Å². The lowest BCUT2D eigenvalue weighted by Gasteiger charge is -2.07. The van der Waals surface area contributed by atoms with Crippen molar-refractivity contribution in [2.75, 3.05) is 0 Å². The Morgan fingerprint density at radius 2 is 1.35 bits per heavy atom. The van der Waals surface area contributed by atoms with Gasteiger partial charge in [0.15, 0.2) is 0 Å². The summed E-state index contributed by atoms with van der Waals surface area (Å²) in [7, 11) is 0. The maximum absolute atomic E-state index is 11.5. The van der Waals surface area contributed by atoms with Gasteiger partial charge >= 0.3 is 11.9 Å². The SMILES string of the molecule is C=CC1=C(C)C2=NC1=Cc1[nH]c(/c(=C(\C)O)c1C)=CC1=NC(=CC3=NC(=C2)C(C)=C3CCC(=O)O)C(CCC(=O)O)=C1C. The first-order valence-electron chi connectivity index (χ1n) is 14.1. The number of carboxylic acid groups (broad SMARTS) is 2. The third-order valence-electron chi connectivity index (χ3n) is 8.25. The molecule has 1 aromatic rings. The standard InChI is InChI=1S/C34H34N4O5/c1-7-21-16(2)24-12-25-17(3)22(8-10-32(40)41)29(36-25)15-30-23(9-11-33(42)43)18(4)26(37-30)14-31-34(20(6)39)19(5)27(38-31)13-28(21)35-24/h7,12-15,38-39H,1,8-11H2,2-6H3,(H,40,41)(H,42,43)/b25-12?,28-13?,30-15?,31-14?,34-20+. The molecule has 4 aliphatic rings. The number of aliphatic hydroxyl groups is 1. The molecule has 9 nitrogen and oxygen atoms in total. The minimum atomic E-state index is -0.916. The van der Waals surface area contributed by atoms with E-state index in [1.165, 1.54) is 0 Å². The number of carboxylic acids is 2. The summed E-state index contributed by atoms with van der Waals surface area (Å²) in [5.74, 6) is -1.68. The number of carbonyl (C=O) groups is 2. The zero-order chi connectivity index (χ0) is 31.2. The highest BCUT2D eigenvalue weighted by Crippen LogP contribution is 2.36. The summed E-state index contributed by atoms with van der Waals surface area (Å²) >= 11 is 0. The Hall–Kier alpha value is -5.05. The number of aliphatic carboxylic acids is 2. The molecule has 0 aliphatic carbocycles. The van der Waals surface area contributed by atoms with Gasteiger partial charge < -0.3 is 20.3 Å².